The zero-order valence-electron chi connectivity index (χ0n) is 9.53. The van der Waals surface area contributed by atoms with Crippen LogP contribution in [0, 0.1) is 0 Å². The van der Waals surface area contributed by atoms with Gasteiger partial charge in [-0.2, -0.15) is 15.1 Å². The smallest absolute Gasteiger partial charge is 0.226 e. The number of hydrogen-bond acceptors (Lipinski definition) is 4. The highest BCUT2D eigenvalue weighted by atomic mass is 35.5. The molecule has 0 aromatic carbocycles. The van der Waals surface area contributed by atoms with Crippen molar-refractivity contribution in [3.05, 3.63) is 11.5 Å². The van der Waals surface area contributed by atoms with Crippen molar-refractivity contribution in [2.24, 2.45) is 0 Å². The Morgan fingerprint density at radius 3 is 2.81 bits per heavy atom. The van der Waals surface area contributed by atoms with Gasteiger partial charge in [0.1, 0.15) is 5.82 Å². The van der Waals surface area contributed by atoms with E-state index in [2.05, 4.69) is 45.8 Å². The topological polar surface area (TPSA) is 57.7 Å². The normalized spacial score (nSPS) is 11.3. The number of hydrogen-bond donors (Lipinski definition) is 1. The fourth-order valence-electron chi connectivity index (χ4n) is 1.77. The van der Waals surface area contributed by atoms with E-state index >= 15 is 0 Å². The van der Waals surface area contributed by atoms with Crippen molar-refractivity contribution >= 4 is 28.5 Å². The van der Waals surface area contributed by atoms with E-state index in [-0.39, 0.29) is 5.28 Å². The number of aromatic nitrogens is 4. The molecule has 0 aliphatic heterocycles. The fourth-order valence-corrected chi connectivity index (χ4v) is 1.94. The number of aromatic amines is 1. The minimum atomic E-state index is 0.242. The Kier molecular flexibility index (Phi) is 2.96. The predicted octanol–water partition coefficient (Wildman–Crippen LogP) is 2.24. The average Bonchev–Trinajstić information content (AvgIpc) is 2.65. The first-order valence-electron chi connectivity index (χ1n) is 5.26. The lowest BCUT2D eigenvalue weighted by Crippen LogP contribution is -2.31. The summed E-state index contributed by atoms with van der Waals surface area (Å²) in [5.74, 6) is 0.834. The molecule has 0 aliphatic rings. The Labute approximate surface area is 98.8 Å². The van der Waals surface area contributed by atoms with Gasteiger partial charge in [-0.15, -0.1) is 0 Å². The maximum absolute atomic E-state index is 5.89. The first-order chi connectivity index (χ1) is 7.63. The van der Waals surface area contributed by atoms with Crippen LogP contribution >= 0.6 is 11.6 Å². The molecule has 6 heteroatoms. The van der Waals surface area contributed by atoms with Crippen molar-refractivity contribution in [2.75, 3.05) is 11.4 Å². The number of anilines is 1. The summed E-state index contributed by atoms with van der Waals surface area (Å²) in [4.78, 5) is 10.5. The zero-order chi connectivity index (χ0) is 11.7. The van der Waals surface area contributed by atoms with Crippen LogP contribution < -0.4 is 4.90 Å². The average molecular weight is 240 g/mol. The van der Waals surface area contributed by atoms with E-state index in [1.54, 1.807) is 6.20 Å². The molecule has 2 aromatic rings. The van der Waals surface area contributed by atoms with Crippen LogP contribution in [-0.4, -0.2) is 32.8 Å². The van der Waals surface area contributed by atoms with Crippen LogP contribution in [0.1, 0.15) is 20.8 Å². The zero-order valence-corrected chi connectivity index (χ0v) is 10.3. The first kappa shape index (κ1) is 11.1. The molecule has 0 unspecified atom stereocenters. The fraction of sp³-hybridized carbons (Fsp3) is 0.500. The lowest BCUT2D eigenvalue weighted by molar-refractivity contribution is 0.696. The molecule has 2 rings (SSSR count). The highest BCUT2D eigenvalue weighted by Crippen LogP contribution is 2.24. The maximum atomic E-state index is 5.89. The Morgan fingerprint density at radius 2 is 2.19 bits per heavy atom. The van der Waals surface area contributed by atoms with Gasteiger partial charge in [0.05, 0.1) is 11.6 Å². The monoisotopic (exact) mass is 239 g/mol. The van der Waals surface area contributed by atoms with Crippen molar-refractivity contribution < 1.29 is 0 Å². The van der Waals surface area contributed by atoms with E-state index in [1.165, 1.54) is 0 Å². The highest BCUT2D eigenvalue weighted by molar-refractivity contribution is 6.28. The molecule has 1 N–H and O–H groups in total. The number of halogens is 1. The predicted molar refractivity (Wildman–Crippen MR) is 64.8 cm³/mol. The van der Waals surface area contributed by atoms with Crippen molar-refractivity contribution in [2.45, 2.75) is 26.8 Å². The van der Waals surface area contributed by atoms with Gasteiger partial charge in [-0.3, -0.25) is 5.10 Å². The molecule has 0 amide bonds. The number of fused-ring (bicyclic) bond motifs is 1. The summed E-state index contributed by atoms with van der Waals surface area (Å²) in [7, 11) is 0. The molecule has 0 saturated carbocycles. The second-order valence-electron chi connectivity index (χ2n) is 3.83. The van der Waals surface area contributed by atoms with Crippen molar-refractivity contribution in [1.29, 1.82) is 0 Å². The van der Waals surface area contributed by atoms with E-state index in [0.29, 0.717) is 11.7 Å². The Hall–Kier alpha value is -1.36. The van der Waals surface area contributed by atoms with Gasteiger partial charge in [0.25, 0.3) is 0 Å². The summed E-state index contributed by atoms with van der Waals surface area (Å²) in [5, 5.41) is 7.92. The Balaban J connectivity index is 2.61. The summed E-state index contributed by atoms with van der Waals surface area (Å²) >= 11 is 5.89. The minimum Gasteiger partial charge on any atom is -0.354 e. The van der Waals surface area contributed by atoms with E-state index in [4.69, 9.17) is 11.6 Å². The quantitative estimate of drug-likeness (QED) is 0.835. The standard InChI is InChI=1S/C10H14ClN5/c1-4-16(6(2)3)9-7-5-12-15-8(7)13-10(11)14-9/h5-6H,4H2,1-3H3,(H,12,13,14,15). The molecule has 0 atom stereocenters. The van der Waals surface area contributed by atoms with Gasteiger partial charge in [-0.05, 0) is 32.4 Å². The van der Waals surface area contributed by atoms with Crippen LogP contribution in [0.4, 0.5) is 5.82 Å². The molecule has 0 saturated heterocycles. The van der Waals surface area contributed by atoms with Crippen LogP contribution in [0.2, 0.25) is 5.28 Å². The Bertz CT molecular complexity index is 493. The number of nitrogens with one attached hydrogen (secondary N) is 1. The molecule has 16 heavy (non-hydrogen) atoms. The molecule has 0 fully saturated rings. The van der Waals surface area contributed by atoms with Gasteiger partial charge < -0.3 is 4.90 Å². The SMILES string of the molecule is CCN(c1nc(Cl)nc2[nH]ncc12)C(C)C. The molecular weight excluding hydrogens is 226 g/mol. The summed E-state index contributed by atoms with van der Waals surface area (Å²) in [6.07, 6.45) is 1.73. The van der Waals surface area contributed by atoms with Crippen LogP contribution in [-0.2, 0) is 0 Å². The van der Waals surface area contributed by atoms with Gasteiger partial charge in [0.2, 0.25) is 5.28 Å². The van der Waals surface area contributed by atoms with Crippen LogP contribution in [0.15, 0.2) is 6.20 Å². The van der Waals surface area contributed by atoms with Gasteiger partial charge in [-0.25, -0.2) is 0 Å². The summed E-state index contributed by atoms with van der Waals surface area (Å²) < 4.78 is 0. The molecular formula is C10H14ClN5. The second kappa shape index (κ2) is 4.25. The van der Waals surface area contributed by atoms with E-state index in [9.17, 15) is 0 Å². The second-order valence-corrected chi connectivity index (χ2v) is 4.17. The minimum absolute atomic E-state index is 0.242. The highest BCUT2D eigenvalue weighted by Gasteiger charge is 2.16. The largest absolute Gasteiger partial charge is 0.354 e. The molecule has 0 aliphatic carbocycles. The van der Waals surface area contributed by atoms with Gasteiger partial charge in [0.15, 0.2) is 5.65 Å². The van der Waals surface area contributed by atoms with Gasteiger partial charge >= 0.3 is 0 Å². The molecule has 0 radical (unpaired) electrons. The number of nitrogens with zero attached hydrogens (tertiary/aromatic N) is 4. The summed E-state index contributed by atoms with van der Waals surface area (Å²) in [6.45, 7) is 7.18. The summed E-state index contributed by atoms with van der Waals surface area (Å²) in [6, 6.07) is 0.356. The molecule has 2 heterocycles. The lowest BCUT2D eigenvalue weighted by Gasteiger charge is -2.26. The Morgan fingerprint density at radius 1 is 1.44 bits per heavy atom. The first-order valence-corrected chi connectivity index (χ1v) is 5.64. The van der Waals surface area contributed by atoms with E-state index in [1.807, 2.05) is 0 Å². The van der Waals surface area contributed by atoms with Crippen molar-refractivity contribution in [3.63, 3.8) is 0 Å². The molecule has 0 bridgehead atoms. The maximum Gasteiger partial charge on any atom is 0.226 e. The van der Waals surface area contributed by atoms with Crippen LogP contribution in [0.5, 0.6) is 0 Å². The van der Waals surface area contributed by atoms with E-state index in [0.717, 1.165) is 17.7 Å². The summed E-state index contributed by atoms with van der Waals surface area (Å²) in [5.41, 5.74) is 0.675. The number of H-pyrrole nitrogens is 1. The molecule has 86 valence electrons. The third-order valence-electron chi connectivity index (χ3n) is 2.50. The van der Waals surface area contributed by atoms with Gasteiger partial charge in [-0.1, -0.05) is 0 Å². The molecule has 5 nitrogen and oxygen atoms in total. The van der Waals surface area contributed by atoms with Crippen molar-refractivity contribution in [3.8, 4) is 0 Å². The number of rotatable bonds is 3. The third-order valence-corrected chi connectivity index (χ3v) is 2.67. The van der Waals surface area contributed by atoms with E-state index < -0.39 is 0 Å². The third kappa shape index (κ3) is 1.82. The molecule has 2 aromatic heterocycles. The molecule has 0 spiro atoms. The van der Waals surface area contributed by atoms with Crippen LogP contribution in [0.25, 0.3) is 11.0 Å². The van der Waals surface area contributed by atoms with Gasteiger partial charge in [0, 0.05) is 12.6 Å². The van der Waals surface area contributed by atoms with Crippen molar-refractivity contribution in [1.82, 2.24) is 20.2 Å². The lowest BCUT2D eigenvalue weighted by atomic mass is 10.3. The van der Waals surface area contributed by atoms with Crippen LogP contribution in [0.3, 0.4) is 0 Å².